The van der Waals surface area contributed by atoms with Crippen molar-refractivity contribution in [3.8, 4) is 5.75 Å². The van der Waals surface area contributed by atoms with E-state index < -0.39 is 17.6 Å². The topological polar surface area (TPSA) is 9.23 Å². The fourth-order valence-corrected chi connectivity index (χ4v) is 1.60. The first kappa shape index (κ1) is 12.6. The van der Waals surface area contributed by atoms with E-state index in [1.165, 1.54) is 13.2 Å². The Bertz CT molecular complexity index is 359. The average Bonchev–Trinajstić information content (AvgIpc) is 2.20. The molecule has 0 aromatic heterocycles. The molecule has 0 N–H and O–H groups in total. The Kier molecular flexibility index (Phi) is 4.28. The molecule has 1 rings (SSSR count). The minimum Gasteiger partial charge on any atom is -0.496 e. The van der Waals surface area contributed by atoms with Crippen LogP contribution in [-0.2, 0) is 0 Å². The smallest absolute Gasteiger partial charge is 0.258 e. The molecule has 0 saturated heterocycles. The fraction of sp³-hybridized carbons (Fsp3) is 0.333. The van der Waals surface area contributed by atoms with Crippen LogP contribution in [0, 0.1) is 5.82 Å². The second-order valence-electron chi connectivity index (χ2n) is 2.74. The Morgan fingerprint density at radius 1 is 1.40 bits per heavy atom. The molecule has 0 aliphatic rings. The molecule has 0 radical (unpaired) electrons. The molecule has 0 aliphatic heterocycles. The highest BCUT2D eigenvalue weighted by molar-refractivity contribution is 9.10. The quantitative estimate of drug-likeness (QED) is 0.763. The van der Waals surface area contributed by atoms with Gasteiger partial charge in [0.25, 0.3) is 6.43 Å². The minimum absolute atomic E-state index is 0.0102. The van der Waals surface area contributed by atoms with E-state index in [0.717, 1.165) is 6.07 Å². The summed E-state index contributed by atoms with van der Waals surface area (Å²) < 4.78 is 42.6. The molecule has 0 spiro atoms. The third kappa shape index (κ3) is 2.78. The third-order valence-electron chi connectivity index (χ3n) is 1.79. The van der Waals surface area contributed by atoms with Gasteiger partial charge in [0.15, 0.2) is 0 Å². The van der Waals surface area contributed by atoms with Gasteiger partial charge in [-0.3, -0.25) is 0 Å². The van der Waals surface area contributed by atoms with Crippen LogP contribution in [0.4, 0.5) is 13.2 Å². The van der Waals surface area contributed by atoms with Gasteiger partial charge in [-0.1, -0.05) is 0 Å². The van der Waals surface area contributed by atoms with Crippen molar-refractivity contribution in [1.29, 1.82) is 0 Å². The van der Waals surface area contributed by atoms with Crippen LogP contribution >= 0.6 is 27.5 Å². The van der Waals surface area contributed by atoms with E-state index in [9.17, 15) is 13.2 Å². The Balaban J connectivity index is 3.21. The Morgan fingerprint density at radius 3 is 2.47 bits per heavy atom. The molecule has 1 atom stereocenters. The fourth-order valence-electron chi connectivity index (χ4n) is 1.07. The summed E-state index contributed by atoms with van der Waals surface area (Å²) in [6.45, 7) is 0. The molecule has 84 valence electrons. The second kappa shape index (κ2) is 5.07. The number of ether oxygens (including phenoxy) is 1. The number of benzene rings is 1. The van der Waals surface area contributed by atoms with E-state index in [1.54, 1.807) is 0 Å². The molecule has 0 heterocycles. The highest BCUT2D eigenvalue weighted by Crippen LogP contribution is 2.37. The molecule has 0 saturated carbocycles. The number of hydrogen-bond donors (Lipinski definition) is 0. The summed E-state index contributed by atoms with van der Waals surface area (Å²) in [6.07, 6.45) is -2.74. The Morgan fingerprint density at radius 2 is 2.00 bits per heavy atom. The molecule has 0 fully saturated rings. The molecular weight excluding hydrogens is 296 g/mol. The molecule has 1 unspecified atom stereocenters. The van der Waals surface area contributed by atoms with Gasteiger partial charge in [-0.15, -0.1) is 11.6 Å². The molecule has 0 bridgehead atoms. The van der Waals surface area contributed by atoms with E-state index in [1.807, 2.05) is 0 Å². The molecule has 1 aromatic rings. The summed E-state index contributed by atoms with van der Waals surface area (Å²) >= 11 is 8.37. The van der Waals surface area contributed by atoms with Crippen LogP contribution in [0.3, 0.4) is 0 Å². The van der Waals surface area contributed by atoms with Gasteiger partial charge in [0, 0.05) is 11.6 Å². The minimum atomic E-state index is -2.74. The first-order valence-electron chi connectivity index (χ1n) is 3.92. The molecule has 6 heteroatoms. The third-order valence-corrected chi connectivity index (χ3v) is 2.82. The summed E-state index contributed by atoms with van der Waals surface area (Å²) in [5, 5.41) is -1.52. The van der Waals surface area contributed by atoms with E-state index in [0.29, 0.717) is 0 Å². The van der Waals surface area contributed by atoms with E-state index >= 15 is 0 Å². The van der Waals surface area contributed by atoms with Crippen molar-refractivity contribution < 1.29 is 17.9 Å². The summed E-state index contributed by atoms with van der Waals surface area (Å²) in [5.41, 5.74) is 0.0578. The van der Waals surface area contributed by atoms with Crippen LogP contribution in [0.5, 0.6) is 5.75 Å². The SMILES string of the molecule is COc1cc(F)c(Br)cc1C(Cl)C(F)F. The van der Waals surface area contributed by atoms with Crippen molar-refractivity contribution in [3.05, 3.63) is 28.0 Å². The van der Waals surface area contributed by atoms with Gasteiger partial charge in [0.05, 0.1) is 11.6 Å². The van der Waals surface area contributed by atoms with Crippen LogP contribution in [0.25, 0.3) is 0 Å². The van der Waals surface area contributed by atoms with Crippen LogP contribution < -0.4 is 4.74 Å². The standard InChI is InChI=1S/C9H7BrClF3O/c1-15-7-3-6(12)5(10)2-4(7)8(11)9(13)14/h2-3,8-9H,1H3. The van der Waals surface area contributed by atoms with Gasteiger partial charge < -0.3 is 4.74 Å². The maximum absolute atomic E-state index is 13.1. The van der Waals surface area contributed by atoms with Gasteiger partial charge in [-0.05, 0) is 22.0 Å². The zero-order chi connectivity index (χ0) is 11.6. The Hall–Kier alpha value is -0.420. The summed E-state index contributed by atoms with van der Waals surface area (Å²) in [7, 11) is 1.27. The number of halogens is 5. The van der Waals surface area contributed by atoms with E-state index in [2.05, 4.69) is 15.9 Å². The number of hydrogen-bond acceptors (Lipinski definition) is 1. The Labute approximate surface area is 98.3 Å². The zero-order valence-electron chi connectivity index (χ0n) is 7.61. The van der Waals surface area contributed by atoms with Crippen LogP contribution in [-0.4, -0.2) is 13.5 Å². The van der Waals surface area contributed by atoms with Crippen molar-refractivity contribution in [2.24, 2.45) is 0 Å². The largest absolute Gasteiger partial charge is 0.496 e. The first-order valence-corrected chi connectivity index (χ1v) is 5.15. The van der Waals surface area contributed by atoms with E-state index in [4.69, 9.17) is 16.3 Å². The number of rotatable bonds is 3. The van der Waals surface area contributed by atoms with Gasteiger partial charge in [-0.2, -0.15) is 0 Å². The second-order valence-corrected chi connectivity index (χ2v) is 4.07. The maximum Gasteiger partial charge on any atom is 0.258 e. The zero-order valence-corrected chi connectivity index (χ0v) is 9.95. The van der Waals surface area contributed by atoms with Gasteiger partial charge in [0.2, 0.25) is 0 Å². The highest BCUT2D eigenvalue weighted by atomic mass is 79.9. The highest BCUT2D eigenvalue weighted by Gasteiger charge is 2.24. The van der Waals surface area contributed by atoms with Crippen LogP contribution in [0.1, 0.15) is 10.9 Å². The lowest BCUT2D eigenvalue weighted by Gasteiger charge is -2.13. The average molecular weight is 304 g/mol. The van der Waals surface area contributed by atoms with Crippen molar-refractivity contribution in [2.45, 2.75) is 11.8 Å². The molecule has 0 amide bonds. The maximum atomic E-state index is 13.1. The predicted molar refractivity (Wildman–Crippen MR) is 55.3 cm³/mol. The van der Waals surface area contributed by atoms with Crippen molar-refractivity contribution in [2.75, 3.05) is 7.11 Å². The first-order chi connectivity index (χ1) is 6.97. The summed E-state index contributed by atoms with van der Waals surface area (Å²) in [5.74, 6) is -0.579. The lowest BCUT2D eigenvalue weighted by molar-refractivity contribution is 0.141. The normalized spacial score (nSPS) is 13.0. The molecular formula is C9H7BrClF3O. The lowest BCUT2D eigenvalue weighted by atomic mass is 10.1. The number of alkyl halides is 3. The van der Waals surface area contributed by atoms with Crippen molar-refractivity contribution in [3.63, 3.8) is 0 Å². The van der Waals surface area contributed by atoms with Crippen LogP contribution in [0.15, 0.2) is 16.6 Å². The lowest BCUT2D eigenvalue weighted by Crippen LogP contribution is -2.05. The predicted octanol–water partition coefficient (Wildman–Crippen LogP) is 4.14. The monoisotopic (exact) mass is 302 g/mol. The molecule has 0 aliphatic carbocycles. The van der Waals surface area contributed by atoms with Crippen LogP contribution in [0.2, 0.25) is 0 Å². The van der Waals surface area contributed by atoms with Gasteiger partial charge >= 0.3 is 0 Å². The molecule has 1 aromatic carbocycles. The van der Waals surface area contributed by atoms with Crippen molar-refractivity contribution >= 4 is 27.5 Å². The number of methoxy groups -OCH3 is 1. The molecule has 1 nitrogen and oxygen atoms in total. The van der Waals surface area contributed by atoms with Gasteiger partial charge in [-0.25, -0.2) is 13.2 Å². The van der Waals surface area contributed by atoms with E-state index in [-0.39, 0.29) is 15.8 Å². The molecule has 15 heavy (non-hydrogen) atoms. The summed E-state index contributed by atoms with van der Waals surface area (Å²) in [4.78, 5) is 0. The van der Waals surface area contributed by atoms with Crippen molar-refractivity contribution in [1.82, 2.24) is 0 Å². The van der Waals surface area contributed by atoms with Gasteiger partial charge in [0.1, 0.15) is 16.9 Å². The summed E-state index contributed by atoms with van der Waals surface area (Å²) in [6, 6.07) is 2.20.